The Labute approximate surface area is 214 Å². The second-order valence-corrected chi connectivity index (χ2v) is 8.36. The molecule has 1 unspecified atom stereocenters. The first-order chi connectivity index (χ1) is 18.0. The van der Waals surface area contributed by atoms with E-state index in [1.54, 1.807) is 48.5 Å². The predicted octanol–water partition coefficient (Wildman–Crippen LogP) is 5.34. The van der Waals surface area contributed by atoms with Crippen molar-refractivity contribution in [2.24, 2.45) is 0 Å². The van der Waals surface area contributed by atoms with Gasteiger partial charge in [0.2, 0.25) is 5.89 Å². The standard InChI is InChI=1S/C29H28N2O6/c1-19-25(31-27(37-19)21-8-4-3-5-9-21)16-17-36-22-14-12-20(13-15-22)24(28(32)33)18-30-26-11-7-6-10-23(26)29(34)35-2/h3-15,24,30H,16-18H2,1-2H3,(H,32,33). The van der Waals surface area contributed by atoms with Crippen molar-refractivity contribution in [3.05, 3.63) is 101 Å². The predicted molar refractivity (Wildman–Crippen MR) is 139 cm³/mol. The summed E-state index contributed by atoms with van der Waals surface area (Å²) in [5, 5.41) is 12.9. The van der Waals surface area contributed by atoms with Gasteiger partial charge in [0.25, 0.3) is 0 Å². The Morgan fingerprint density at radius 2 is 1.70 bits per heavy atom. The molecule has 4 rings (SSSR count). The normalized spacial score (nSPS) is 11.5. The van der Waals surface area contributed by atoms with Gasteiger partial charge in [-0.2, -0.15) is 0 Å². The Morgan fingerprint density at radius 1 is 1.00 bits per heavy atom. The number of aliphatic carboxylic acids is 1. The maximum absolute atomic E-state index is 12.0. The number of carbonyl (C=O) groups is 2. The maximum Gasteiger partial charge on any atom is 0.339 e. The van der Waals surface area contributed by atoms with E-state index in [4.69, 9.17) is 13.9 Å². The zero-order valence-electron chi connectivity index (χ0n) is 20.6. The molecule has 2 N–H and O–H groups in total. The summed E-state index contributed by atoms with van der Waals surface area (Å²) in [5.74, 6) is -0.334. The molecule has 0 aliphatic rings. The lowest BCUT2D eigenvalue weighted by Gasteiger charge is -2.17. The van der Waals surface area contributed by atoms with Gasteiger partial charge in [-0.3, -0.25) is 4.79 Å². The number of nitrogens with zero attached hydrogens (tertiary/aromatic N) is 1. The lowest BCUT2D eigenvalue weighted by atomic mass is 9.98. The van der Waals surface area contributed by atoms with Crippen molar-refractivity contribution in [3.63, 3.8) is 0 Å². The van der Waals surface area contributed by atoms with Gasteiger partial charge in [0.1, 0.15) is 11.5 Å². The molecule has 0 amide bonds. The first-order valence-electron chi connectivity index (χ1n) is 11.8. The molecule has 0 bridgehead atoms. The summed E-state index contributed by atoms with van der Waals surface area (Å²) >= 11 is 0. The van der Waals surface area contributed by atoms with Gasteiger partial charge in [-0.1, -0.05) is 42.5 Å². The van der Waals surface area contributed by atoms with Crippen molar-refractivity contribution in [3.8, 4) is 17.2 Å². The number of methoxy groups -OCH3 is 1. The van der Waals surface area contributed by atoms with Crippen LogP contribution in [0.5, 0.6) is 5.75 Å². The molecule has 8 nitrogen and oxygen atoms in total. The van der Waals surface area contributed by atoms with E-state index >= 15 is 0 Å². The van der Waals surface area contributed by atoms with Crippen LogP contribution in [0.25, 0.3) is 11.5 Å². The maximum atomic E-state index is 12.0. The van der Waals surface area contributed by atoms with Crippen LogP contribution < -0.4 is 10.1 Å². The number of oxazole rings is 1. The number of esters is 1. The van der Waals surface area contributed by atoms with E-state index in [9.17, 15) is 14.7 Å². The fourth-order valence-electron chi connectivity index (χ4n) is 3.91. The second-order valence-electron chi connectivity index (χ2n) is 8.36. The fourth-order valence-corrected chi connectivity index (χ4v) is 3.91. The Morgan fingerprint density at radius 3 is 2.41 bits per heavy atom. The van der Waals surface area contributed by atoms with E-state index in [0.29, 0.717) is 41.5 Å². The number of aromatic nitrogens is 1. The van der Waals surface area contributed by atoms with Crippen LogP contribution in [0, 0.1) is 6.92 Å². The molecular formula is C29H28N2O6. The summed E-state index contributed by atoms with van der Waals surface area (Å²) < 4.78 is 16.5. The van der Waals surface area contributed by atoms with Gasteiger partial charge in [0, 0.05) is 24.2 Å². The number of carbonyl (C=O) groups excluding carboxylic acids is 1. The lowest BCUT2D eigenvalue weighted by Crippen LogP contribution is -2.22. The molecule has 1 atom stereocenters. The topological polar surface area (TPSA) is 111 Å². The van der Waals surface area contributed by atoms with Crippen LogP contribution in [0.2, 0.25) is 0 Å². The molecule has 4 aromatic rings. The quantitative estimate of drug-likeness (QED) is 0.266. The third-order valence-corrected chi connectivity index (χ3v) is 5.93. The number of hydrogen-bond donors (Lipinski definition) is 2. The first kappa shape index (κ1) is 25.5. The molecule has 0 saturated heterocycles. The minimum absolute atomic E-state index is 0.0960. The highest BCUT2D eigenvalue weighted by Gasteiger charge is 2.21. The number of para-hydroxylation sites is 1. The number of ether oxygens (including phenoxy) is 2. The van der Waals surface area contributed by atoms with E-state index in [2.05, 4.69) is 10.3 Å². The highest BCUT2D eigenvalue weighted by atomic mass is 16.5. The molecule has 37 heavy (non-hydrogen) atoms. The third-order valence-electron chi connectivity index (χ3n) is 5.93. The fraction of sp³-hybridized carbons (Fsp3) is 0.207. The Bertz CT molecular complexity index is 1350. The van der Waals surface area contributed by atoms with Crippen molar-refractivity contribution in [1.82, 2.24) is 4.98 Å². The summed E-state index contributed by atoms with van der Waals surface area (Å²) in [7, 11) is 1.30. The summed E-state index contributed by atoms with van der Waals surface area (Å²) in [6, 6.07) is 23.5. The van der Waals surface area contributed by atoms with E-state index in [1.165, 1.54) is 7.11 Å². The van der Waals surface area contributed by atoms with Crippen LogP contribution in [0.3, 0.4) is 0 Å². The number of carboxylic acid groups (broad SMARTS) is 1. The molecule has 0 aliphatic heterocycles. The van der Waals surface area contributed by atoms with Gasteiger partial charge in [-0.25, -0.2) is 9.78 Å². The minimum Gasteiger partial charge on any atom is -0.493 e. The van der Waals surface area contributed by atoms with Crippen molar-refractivity contribution < 1.29 is 28.6 Å². The molecular weight excluding hydrogens is 472 g/mol. The highest BCUT2D eigenvalue weighted by Crippen LogP contribution is 2.24. The van der Waals surface area contributed by atoms with Crippen LogP contribution >= 0.6 is 0 Å². The monoisotopic (exact) mass is 500 g/mol. The van der Waals surface area contributed by atoms with Crippen LogP contribution in [-0.2, 0) is 16.0 Å². The third kappa shape index (κ3) is 6.35. The second kappa shape index (κ2) is 11.9. The number of nitrogens with one attached hydrogen (secondary N) is 1. The van der Waals surface area contributed by atoms with Gasteiger partial charge in [-0.15, -0.1) is 0 Å². The molecule has 0 aliphatic carbocycles. The highest BCUT2D eigenvalue weighted by molar-refractivity contribution is 5.95. The summed E-state index contributed by atoms with van der Waals surface area (Å²) in [4.78, 5) is 28.5. The van der Waals surface area contributed by atoms with E-state index in [-0.39, 0.29) is 6.54 Å². The number of benzene rings is 3. The van der Waals surface area contributed by atoms with Crippen LogP contribution in [0.15, 0.2) is 83.3 Å². The van der Waals surface area contributed by atoms with Gasteiger partial charge >= 0.3 is 11.9 Å². The average Bonchev–Trinajstić information content (AvgIpc) is 3.30. The Balaban J connectivity index is 1.35. The number of carboxylic acids is 1. The van der Waals surface area contributed by atoms with Gasteiger partial charge < -0.3 is 24.3 Å². The SMILES string of the molecule is COC(=O)c1ccccc1NCC(C(=O)O)c1ccc(OCCc2nc(-c3ccccc3)oc2C)cc1. The van der Waals surface area contributed by atoms with E-state index < -0.39 is 17.9 Å². The molecule has 1 heterocycles. The Hall–Kier alpha value is -4.59. The molecule has 3 aromatic carbocycles. The van der Waals surface area contributed by atoms with Crippen LogP contribution in [0.4, 0.5) is 5.69 Å². The number of anilines is 1. The van der Waals surface area contributed by atoms with Crippen molar-refractivity contribution in [1.29, 1.82) is 0 Å². The van der Waals surface area contributed by atoms with E-state index in [1.807, 2.05) is 37.3 Å². The number of rotatable bonds is 11. The minimum atomic E-state index is -0.979. The molecule has 8 heteroatoms. The Kier molecular flexibility index (Phi) is 8.20. The largest absolute Gasteiger partial charge is 0.493 e. The lowest BCUT2D eigenvalue weighted by molar-refractivity contribution is -0.138. The average molecular weight is 501 g/mol. The number of hydrogen-bond acceptors (Lipinski definition) is 7. The van der Waals surface area contributed by atoms with Crippen molar-refractivity contribution in [2.75, 3.05) is 25.6 Å². The van der Waals surface area contributed by atoms with Crippen LogP contribution in [0.1, 0.15) is 33.3 Å². The smallest absolute Gasteiger partial charge is 0.339 e. The molecule has 0 saturated carbocycles. The molecule has 1 aromatic heterocycles. The van der Waals surface area contributed by atoms with Crippen molar-refractivity contribution in [2.45, 2.75) is 19.3 Å². The zero-order chi connectivity index (χ0) is 26.2. The molecule has 0 spiro atoms. The summed E-state index contributed by atoms with van der Waals surface area (Å²) in [6.45, 7) is 2.38. The molecule has 0 radical (unpaired) electrons. The van der Waals surface area contributed by atoms with Gasteiger partial charge in [0.15, 0.2) is 0 Å². The summed E-state index contributed by atoms with van der Waals surface area (Å²) in [6.07, 6.45) is 0.575. The number of aryl methyl sites for hydroxylation is 1. The van der Waals surface area contributed by atoms with Crippen molar-refractivity contribution >= 4 is 17.6 Å². The summed E-state index contributed by atoms with van der Waals surface area (Å²) in [5.41, 5.74) is 3.22. The zero-order valence-corrected chi connectivity index (χ0v) is 20.6. The van der Waals surface area contributed by atoms with E-state index in [0.717, 1.165) is 17.0 Å². The van der Waals surface area contributed by atoms with Crippen LogP contribution in [-0.4, -0.2) is 42.3 Å². The van der Waals surface area contributed by atoms with Gasteiger partial charge in [-0.05, 0) is 48.9 Å². The molecule has 190 valence electrons. The van der Waals surface area contributed by atoms with Gasteiger partial charge in [0.05, 0.1) is 30.9 Å². The molecule has 0 fully saturated rings. The first-order valence-corrected chi connectivity index (χ1v) is 11.8.